The van der Waals surface area contributed by atoms with Crippen LogP contribution in [0.4, 0.5) is 0 Å². The Morgan fingerprint density at radius 2 is 2.00 bits per heavy atom. The zero-order valence-electron chi connectivity index (χ0n) is 17.2. The number of hydrogen-bond acceptors (Lipinski definition) is 6. The van der Waals surface area contributed by atoms with Gasteiger partial charge < -0.3 is 19.0 Å². The van der Waals surface area contributed by atoms with Crippen LogP contribution in [0.25, 0.3) is 0 Å². The van der Waals surface area contributed by atoms with Gasteiger partial charge in [0, 0.05) is 39.0 Å². The lowest BCUT2D eigenvalue weighted by Gasteiger charge is -2.18. The number of benzene rings is 1. The molecule has 0 saturated carbocycles. The Morgan fingerprint density at radius 3 is 2.80 bits per heavy atom. The maximum absolute atomic E-state index is 12.0. The van der Waals surface area contributed by atoms with Gasteiger partial charge in [0.2, 0.25) is 0 Å². The van der Waals surface area contributed by atoms with Crippen molar-refractivity contribution in [2.45, 2.75) is 32.9 Å². The fourth-order valence-electron chi connectivity index (χ4n) is 3.59. The summed E-state index contributed by atoms with van der Waals surface area (Å²) in [4.78, 5) is 14.4. The van der Waals surface area contributed by atoms with Crippen molar-refractivity contribution in [1.82, 2.24) is 25.0 Å². The molecule has 2 aromatic heterocycles. The number of rotatable bonds is 8. The van der Waals surface area contributed by atoms with Crippen LogP contribution in [0.2, 0.25) is 0 Å². The molecule has 0 bridgehead atoms. The molecule has 1 amide bonds. The Kier molecular flexibility index (Phi) is 6.44. The molecule has 1 N–H and O–H groups in total. The van der Waals surface area contributed by atoms with Crippen LogP contribution < -0.4 is 10.1 Å². The first-order chi connectivity index (χ1) is 14.7. The summed E-state index contributed by atoms with van der Waals surface area (Å²) < 4.78 is 13.4. The molecule has 0 atom stereocenters. The second-order valence-corrected chi connectivity index (χ2v) is 7.42. The van der Waals surface area contributed by atoms with Crippen molar-refractivity contribution in [3.8, 4) is 5.75 Å². The van der Waals surface area contributed by atoms with Gasteiger partial charge in [0.1, 0.15) is 28.9 Å². The molecule has 1 aliphatic rings. The minimum Gasteiger partial charge on any atom is -0.484 e. The zero-order chi connectivity index (χ0) is 20.8. The zero-order valence-corrected chi connectivity index (χ0v) is 17.2. The summed E-state index contributed by atoms with van der Waals surface area (Å²) in [6.07, 6.45) is 1.49. The summed E-state index contributed by atoms with van der Waals surface area (Å²) in [7, 11) is 0. The molecule has 3 heterocycles. The molecular weight excluding hydrogens is 382 g/mol. The number of aromatic nitrogens is 3. The van der Waals surface area contributed by atoms with Crippen molar-refractivity contribution >= 4 is 5.91 Å². The van der Waals surface area contributed by atoms with Crippen LogP contribution in [-0.2, 0) is 30.7 Å². The van der Waals surface area contributed by atoms with Gasteiger partial charge in [-0.15, -0.1) is 10.2 Å². The van der Waals surface area contributed by atoms with Gasteiger partial charge in [-0.25, -0.2) is 0 Å². The van der Waals surface area contributed by atoms with Gasteiger partial charge >= 0.3 is 0 Å². The van der Waals surface area contributed by atoms with Gasteiger partial charge in [-0.2, -0.15) is 0 Å². The van der Waals surface area contributed by atoms with E-state index in [0.717, 1.165) is 55.8 Å². The highest BCUT2D eigenvalue weighted by Crippen LogP contribution is 2.14. The third-order valence-electron chi connectivity index (χ3n) is 5.15. The van der Waals surface area contributed by atoms with Gasteiger partial charge in [0.05, 0.1) is 6.54 Å². The Balaban J connectivity index is 1.23. The molecule has 1 aliphatic heterocycles. The average Bonchev–Trinajstić information content (AvgIpc) is 3.28. The molecular formula is C22H27N5O3. The molecule has 0 spiro atoms. The Bertz CT molecular complexity index is 966. The first-order valence-electron chi connectivity index (χ1n) is 10.3. The van der Waals surface area contributed by atoms with E-state index in [4.69, 9.17) is 9.15 Å². The van der Waals surface area contributed by atoms with E-state index >= 15 is 0 Å². The normalized spacial score (nSPS) is 14.2. The van der Waals surface area contributed by atoms with Crippen LogP contribution in [0.1, 0.15) is 23.2 Å². The number of amides is 1. The SMILES string of the molecule is Cc1ccc(CN2CCc3nnc(CCNC(=O)COc4ccccc4)n3CC2)o1. The van der Waals surface area contributed by atoms with E-state index in [-0.39, 0.29) is 12.5 Å². The fourth-order valence-corrected chi connectivity index (χ4v) is 3.59. The molecule has 30 heavy (non-hydrogen) atoms. The molecule has 8 heteroatoms. The van der Waals surface area contributed by atoms with Crippen LogP contribution in [0.15, 0.2) is 46.9 Å². The summed E-state index contributed by atoms with van der Waals surface area (Å²) >= 11 is 0. The Morgan fingerprint density at radius 1 is 1.13 bits per heavy atom. The first-order valence-corrected chi connectivity index (χ1v) is 10.3. The summed E-state index contributed by atoms with van der Waals surface area (Å²) in [6, 6.07) is 13.4. The van der Waals surface area contributed by atoms with E-state index < -0.39 is 0 Å². The summed E-state index contributed by atoms with van der Waals surface area (Å²) in [5, 5.41) is 11.6. The minimum atomic E-state index is -0.144. The van der Waals surface area contributed by atoms with Crippen LogP contribution >= 0.6 is 0 Å². The van der Waals surface area contributed by atoms with Gasteiger partial charge in [0.25, 0.3) is 5.91 Å². The van der Waals surface area contributed by atoms with Crippen molar-refractivity contribution < 1.29 is 13.9 Å². The molecule has 158 valence electrons. The highest BCUT2D eigenvalue weighted by Gasteiger charge is 2.19. The number of ether oxygens (including phenoxy) is 1. The lowest BCUT2D eigenvalue weighted by molar-refractivity contribution is -0.123. The van der Waals surface area contributed by atoms with Crippen molar-refractivity contribution in [2.24, 2.45) is 0 Å². The van der Waals surface area contributed by atoms with Crippen molar-refractivity contribution in [3.05, 3.63) is 65.6 Å². The number of hydrogen-bond donors (Lipinski definition) is 1. The van der Waals surface area contributed by atoms with Crippen LogP contribution in [-0.4, -0.2) is 51.8 Å². The van der Waals surface area contributed by atoms with Gasteiger partial charge in [-0.3, -0.25) is 9.69 Å². The number of nitrogens with one attached hydrogen (secondary N) is 1. The molecule has 1 aromatic carbocycles. The van der Waals surface area contributed by atoms with E-state index in [1.807, 2.05) is 49.4 Å². The van der Waals surface area contributed by atoms with Crippen LogP contribution in [0.5, 0.6) is 5.75 Å². The molecule has 0 saturated heterocycles. The fraction of sp³-hybridized carbons (Fsp3) is 0.409. The number of fused-ring (bicyclic) bond motifs is 1. The van der Waals surface area contributed by atoms with E-state index in [0.29, 0.717) is 18.7 Å². The minimum absolute atomic E-state index is 0.00314. The molecule has 0 unspecified atom stereocenters. The standard InChI is InChI=1S/C22H27N5O3/c1-17-7-8-19(30-17)15-26-12-10-21-25-24-20(27(21)14-13-26)9-11-23-22(28)16-29-18-5-3-2-4-6-18/h2-8H,9-16H2,1H3,(H,23,28). The maximum Gasteiger partial charge on any atom is 0.257 e. The topological polar surface area (TPSA) is 85.4 Å². The van der Waals surface area contributed by atoms with Crippen LogP contribution in [0, 0.1) is 6.92 Å². The van der Waals surface area contributed by atoms with Crippen molar-refractivity contribution in [2.75, 3.05) is 26.2 Å². The Hall–Kier alpha value is -3.13. The highest BCUT2D eigenvalue weighted by atomic mass is 16.5. The molecule has 0 fully saturated rings. The number of furan rings is 1. The predicted octanol–water partition coefficient (Wildman–Crippen LogP) is 1.98. The second-order valence-electron chi connectivity index (χ2n) is 7.42. The number of aryl methyl sites for hydroxylation is 1. The quantitative estimate of drug-likeness (QED) is 0.612. The smallest absolute Gasteiger partial charge is 0.257 e. The number of para-hydroxylation sites is 1. The van der Waals surface area contributed by atoms with Gasteiger partial charge in [0.15, 0.2) is 6.61 Å². The van der Waals surface area contributed by atoms with E-state index in [2.05, 4.69) is 25.0 Å². The lowest BCUT2D eigenvalue weighted by atomic mass is 10.3. The van der Waals surface area contributed by atoms with Crippen molar-refractivity contribution in [3.63, 3.8) is 0 Å². The van der Waals surface area contributed by atoms with Crippen LogP contribution in [0.3, 0.4) is 0 Å². The van der Waals surface area contributed by atoms with Gasteiger partial charge in [-0.05, 0) is 31.2 Å². The number of nitrogens with zero attached hydrogens (tertiary/aromatic N) is 4. The third kappa shape index (κ3) is 5.27. The number of carbonyl (C=O) groups excluding carboxylic acids is 1. The molecule has 0 aliphatic carbocycles. The monoisotopic (exact) mass is 409 g/mol. The van der Waals surface area contributed by atoms with E-state index in [1.165, 1.54) is 0 Å². The first kappa shape index (κ1) is 20.2. The highest BCUT2D eigenvalue weighted by molar-refractivity contribution is 5.77. The summed E-state index contributed by atoms with van der Waals surface area (Å²) in [6.45, 7) is 5.95. The maximum atomic E-state index is 12.0. The summed E-state index contributed by atoms with van der Waals surface area (Å²) in [5.41, 5.74) is 0. The summed E-state index contributed by atoms with van der Waals surface area (Å²) in [5.74, 6) is 4.38. The number of carbonyl (C=O) groups is 1. The second kappa shape index (κ2) is 9.58. The molecule has 0 radical (unpaired) electrons. The third-order valence-corrected chi connectivity index (χ3v) is 5.15. The van der Waals surface area contributed by atoms with E-state index in [9.17, 15) is 4.79 Å². The van der Waals surface area contributed by atoms with Gasteiger partial charge in [-0.1, -0.05) is 18.2 Å². The van der Waals surface area contributed by atoms with E-state index in [1.54, 1.807) is 0 Å². The van der Waals surface area contributed by atoms with Crippen molar-refractivity contribution in [1.29, 1.82) is 0 Å². The largest absolute Gasteiger partial charge is 0.484 e. The Labute approximate surface area is 175 Å². The molecule has 3 aromatic rings. The average molecular weight is 409 g/mol. The lowest BCUT2D eigenvalue weighted by Crippen LogP contribution is -2.31. The predicted molar refractivity (Wildman–Crippen MR) is 111 cm³/mol. The molecule has 8 nitrogen and oxygen atoms in total. The molecule has 4 rings (SSSR count).